The van der Waals surface area contributed by atoms with Crippen LogP contribution in [0, 0.1) is 12.7 Å². The van der Waals surface area contributed by atoms with Crippen molar-refractivity contribution in [2.45, 2.75) is 19.6 Å². The fourth-order valence-corrected chi connectivity index (χ4v) is 4.23. The highest BCUT2D eigenvalue weighted by Gasteiger charge is 2.21. The van der Waals surface area contributed by atoms with Gasteiger partial charge in [-0.2, -0.15) is 14.9 Å². The van der Waals surface area contributed by atoms with Crippen LogP contribution in [-0.2, 0) is 11.3 Å². The van der Waals surface area contributed by atoms with Crippen LogP contribution in [0.1, 0.15) is 11.1 Å². The molecule has 0 aliphatic carbocycles. The Kier molecular flexibility index (Phi) is 7.91. The Hall–Kier alpha value is -4.60. The summed E-state index contributed by atoms with van der Waals surface area (Å²) in [5.41, 5.74) is 4.58. The number of H-pyrrole nitrogens is 1. The maximum Gasteiger partial charge on any atom is 0.271 e. The lowest BCUT2D eigenvalue weighted by molar-refractivity contribution is 0.0109. The Morgan fingerprint density at radius 2 is 1.74 bits per heavy atom. The van der Waals surface area contributed by atoms with Gasteiger partial charge in [0, 0.05) is 18.2 Å². The van der Waals surface area contributed by atoms with Crippen LogP contribution >= 0.6 is 0 Å². The van der Waals surface area contributed by atoms with Crippen LogP contribution in [0.3, 0.4) is 0 Å². The second-order valence-electron chi connectivity index (χ2n) is 9.07. The number of nitrogens with zero attached hydrogens (tertiary/aromatic N) is 3. The minimum atomic E-state index is -0.496. The molecule has 2 heterocycles. The summed E-state index contributed by atoms with van der Waals surface area (Å²) in [4.78, 5) is 12.8. The number of ether oxygens (including phenoxy) is 1. The fraction of sp³-hybridized carbons (Fsp3) is 0.167. The molecule has 198 valence electrons. The topological polar surface area (TPSA) is 105 Å². The number of hydrogen-bond donors (Lipinski definition) is 3. The number of nitrogens with one attached hydrogen (secondary N) is 2. The van der Waals surface area contributed by atoms with E-state index in [-0.39, 0.29) is 24.5 Å². The summed E-state index contributed by atoms with van der Waals surface area (Å²) in [7, 11) is 0. The molecule has 0 unspecified atom stereocenters. The first-order valence-electron chi connectivity index (χ1n) is 12.5. The van der Waals surface area contributed by atoms with Crippen LogP contribution in [0.4, 0.5) is 10.2 Å². The predicted molar refractivity (Wildman–Crippen MR) is 148 cm³/mol. The first kappa shape index (κ1) is 26.0. The number of anilines is 1. The van der Waals surface area contributed by atoms with E-state index < -0.39 is 6.10 Å². The van der Waals surface area contributed by atoms with E-state index in [1.54, 1.807) is 18.2 Å². The Bertz CT molecular complexity index is 1600. The molecule has 2 aromatic heterocycles. The molecule has 0 bridgehead atoms. The Morgan fingerprint density at radius 3 is 2.49 bits per heavy atom. The maximum atomic E-state index is 13.7. The van der Waals surface area contributed by atoms with Gasteiger partial charge >= 0.3 is 0 Å². The molecule has 3 aromatic carbocycles. The number of aromatic nitrogens is 4. The second-order valence-corrected chi connectivity index (χ2v) is 9.07. The van der Waals surface area contributed by atoms with Gasteiger partial charge in [-0.1, -0.05) is 48.5 Å². The second kappa shape index (κ2) is 11.8. The van der Waals surface area contributed by atoms with Gasteiger partial charge in [0.25, 0.3) is 5.56 Å². The van der Waals surface area contributed by atoms with Gasteiger partial charge in [0.1, 0.15) is 17.3 Å². The summed E-state index contributed by atoms with van der Waals surface area (Å²) in [5, 5.41) is 25.4. The molecule has 5 aromatic rings. The van der Waals surface area contributed by atoms with Crippen molar-refractivity contribution in [2.24, 2.45) is 0 Å². The average molecular weight is 526 g/mol. The Balaban J connectivity index is 1.49. The third-order valence-corrected chi connectivity index (χ3v) is 6.32. The van der Waals surface area contributed by atoms with Crippen LogP contribution in [0.2, 0.25) is 0 Å². The van der Waals surface area contributed by atoms with Gasteiger partial charge < -0.3 is 15.2 Å². The molecule has 0 fully saturated rings. The number of aliphatic hydroxyl groups excluding tert-OH is 1. The quantitative estimate of drug-likeness (QED) is 0.244. The molecule has 0 spiro atoms. The van der Waals surface area contributed by atoms with E-state index in [4.69, 9.17) is 4.74 Å². The summed E-state index contributed by atoms with van der Waals surface area (Å²) in [5.74, 6) is 0.167. The third kappa shape index (κ3) is 5.95. The molecule has 8 nitrogen and oxygen atoms in total. The van der Waals surface area contributed by atoms with Gasteiger partial charge in [0.15, 0.2) is 0 Å². The first-order valence-corrected chi connectivity index (χ1v) is 12.5. The number of aryl methyl sites for hydroxylation is 1. The van der Waals surface area contributed by atoms with Crippen LogP contribution in [0.5, 0.6) is 0 Å². The highest BCUT2D eigenvalue weighted by atomic mass is 19.1. The van der Waals surface area contributed by atoms with E-state index in [9.17, 15) is 14.3 Å². The molecule has 0 aliphatic rings. The molecule has 0 amide bonds. The van der Waals surface area contributed by atoms with E-state index in [0.717, 1.165) is 11.1 Å². The summed E-state index contributed by atoms with van der Waals surface area (Å²) in [6.07, 6.45) is -0.496. The average Bonchev–Trinajstić information content (AvgIpc) is 3.39. The summed E-state index contributed by atoms with van der Waals surface area (Å²) >= 11 is 0. The molecule has 0 aliphatic heterocycles. The molecule has 0 saturated heterocycles. The highest BCUT2D eigenvalue weighted by molar-refractivity contribution is 5.87. The van der Waals surface area contributed by atoms with Crippen molar-refractivity contribution in [2.75, 3.05) is 18.5 Å². The van der Waals surface area contributed by atoms with Crippen molar-refractivity contribution < 1.29 is 14.2 Å². The number of aliphatic hydroxyl groups is 1. The molecular weight excluding hydrogens is 497 g/mol. The summed E-state index contributed by atoms with van der Waals surface area (Å²) in [6.45, 7) is 2.35. The summed E-state index contributed by atoms with van der Waals surface area (Å²) in [6, 6.07) is 26.3. The zero-order chi connectivity index (χ0) is 27.2. The standard InChI is InChI=1S/C30H28FN5O3/c1-20-7-5-6-10-26(20)36-27(38)16-15-25(35-36)28-29(22-11-13-23(31)14-12-22)33-34-30(28)32-17-24(18-37)39-19-21-8-3-2-4-9-21/h2-16,24,37H,17-19H2,1H3,(H2,32,33,34)/t24-/m0/s1. The normalized spacial score (nSPS) is 11.9. The minimum Gasteiger partial charge on any atom is -0.394 e. The first-order chi connectivity index (χ1) is 19.0. The van der Waals surface area contributed by atoms with Crippen molar-refractivity contribution >= 4 is 5.82 Å². The molecule has 1 atom stereocenters. The Morgan fingerprint density at radius 1 is 1.00 bits per heavy atom. The lowest BCUT2D eigenvalue weighted by Gasteiger charge is -2.17. The number of hydrogen-bond acceptors (Lipinski definition) is 6. The Labute approximate surface area is 224 Å². The maximum absolute atomic E-state index is 13.7. The molecule has 3 N–H and O–H groups in total. The van der Waals surface area contributed by atoms with Crippen molar-refractivity contribution in [3.8, 4) is 28.2 Å². The lowest BCUT2D eigenvalue weighted by atomic mass is 10.0. The summed E-state index contributed by atoms with van der Waals surface area (Å²) < 4.78 is 20.9. The minimum absolute atomic E-state index is 0.190. The van der Waals surface area contributed by atoms with E-state index in [1.165, 1.54) is 22.9 Å². The SMILES string of the molecule is Cc1ccccc1-n1nc(-c2c(-c3ccc(F)cc3)n[nH]c2NC[C@@H](CO)OCc2ccccc2)ccc1=O. The largest absolute Gasteiger partial charge is 0.394 e. The van der Waals surface area contributed by atoms with Gasteiger partial charge in [-0.05, 0) is 54.4 Å². The van der Waals surface area contributed by atoms with Crippen LogP contribution in [0.25, 0.3) is 28.2 Å². The van der Waals surface area contributed by atoms with Crippen molar-refractivity contribution in [1.82, 2.24) is 20.0 Å². The zero-order valence-corrected chi connectivity index (χ0v) is 21.3. The van der Waals surface area contributed by atoms with Crippen LogP contribution < -0.4 is 10.9 Å². The zero-order valence-electron chi connectivity index (χ0n) is 21.3. The number of para-hydroxylation sites is 1. The van der Waals surface area contributed by atoms with E-state index in [1.807, 2.05) is 61.5 Å². The smallest absolute Gasteiger partial charge is 0.271 e. The van der Waals surface area contributed by atoms with Gasteiger partial charge in [-0.25, -0.2) is 4.39 Å². The number of aromatic amines is 1. The van der Waals surface area contributed by atoms with Crippen molar-refractivity contribution in [3.05, 3.63) is 118 Å². The highest BCUT2D eigenvalue weighted by Crippen LogP contribution is 2.35. The molecule has 0 radical (unpaired) electrons. The lowest BCUT2D eigenvalue weighted by Crippen LogP contribution is -2.27. The van der Waals surface area contributed by atoms with Gasteiger partial charge in [0.05, 0.1) is 36.3 Å². The van der Waals surface area contributed by atoms with E-state index in [0.29, 0.717) is 40.6 Å². The van der Waals surface area contributed by atoms with Gasteiger partial charge in [0.2, 0.25) is 0 Å². The molecule has 39 heavy (non-hydrogen) atoms. The fourth-order valence-electron chi connectivity index (χ4n) is 4.23. The van der Waals surface area contributed by atoms with Crippen LogP contribution in [-0.4, -0.2) is 44.3 Å². The third-order valence-electron chi connectivity index (χ3n) is 6.32. The molecule has 5 rings (SSSR count). The van der Waals surface area contributed by atoms with Crippen LogP contribution in [0.15, 0.2) is 95.8 Å². The number of rotatable bonds is 10. The molecule has 9 heteroatoms. The van der Waals surface area contributed by atoms with Crippen molar-refractivity contribution in [3.63, 3.8) is 0 Å². The van der Waals surface area contributed by atoms with Gasteiger partial charge in [-0.15, -0.1) is 0 Å². The monoisotopic (exact) mass is 525 g/mol. The van der Waals surface area contributed by atoms with Gasteiger partial charge in [-0.3, -0.25) is 9.89 Å². The number of benzene rings is 3. The van der Waals surface area contributed by atoms with E-state index >= 15 is 0 Å². The van der Waals surface area contributed by atoms with E-state index in [2.05, 4.69) is 20.6 Å². The van der Waals surface area contributed by atoms with Crippen molar-refractivity contribution in [1.29, 1.82) is 0 Å². The number of halogens is 1. The molecule has 0 saturated carbocycles. The predicted octanol–water partition coefficient (Wildman–Crippen LogP) is 4.73. The molecular formula is C30H28FN5O3.